The van der Waals surface area contributed by atoms with Gasteiger partial charge in [0, 0.05) is 0 Å². The summed E-state index contributed by atoms with van der Waals surface area (Å²) in [4.78, 5) is 13.1. The minimum absolute atomic E-state index is 0.299. The van der Waals surface area contributed by atoms with Crippen LogP contribution in [-0.2, 0) is 9.53 Å². The van der Waals surface area contributed by atoms with Crippen molar-refractivity contribution in [3.8, 4) is 0 Å². The van der Waals surface area contributed by atoms with Crippen molar-refractivity contribution in [3.63, 3.8) is 0 Å². The van der Waals surface area contributed by atoms with Crippen molar-refractivity contribution in [1.82, 2.24) is 4.81 Å². The van der Waals surface area contributed by atoms with E-state index in [-0.39, 0.29) is 12.0 Å². The van der Waals surface area contributed by atoms with Crippen molar-refractivity contribution in [3.05, 3.63) is 12.2 Å². The second kappa shape index (κ2) is 4.62. The van der Waals surface area contributed by atoms with Gasteiger partial charge in [-0.3, -0.25) is 4.79 Å². The Hall–Kier alpha value is -0.805. The van der Waals surface area contributed by atoms with Gasteiger partial charge >= 0.3 is 13.0 Å². The number of methoxy groups -OCH3 is 1. The summed E-state index contributed by atoms with van der Waals surface area (Å²) in [5.41, 5.74) is 1.04. The number of hydrogen-bond donors (Lipinski definition) is 1. The van der Waals surface area contributed by atoms with E-state index in [1.165, 1.54) is 7.11 Å². The Labute approximate surface area is 84.7 Å². The van der Waals surface area contributed by atoms with Crippen molar-refractivity contribution in [2.45, 2.75) is 25.7 Å². The SMILES string of the molecule is C=C1CCN(B(C)O)[C@@H](C(=O)OC)C1. The van der Waals surface area contributed by atoms with Crippen LogP contribution in [0.4, 0.5) is 0 Å². The molecule has 4 nitrogen and oxygen atoms in total. The Morgan fingerprint density at radius 2 is 2.43 bits per heavy atom. The minimum Gasteiger partial charge on any atom is -0.468 e. The van der Waals surface area contributed by atoms with E-state index in [4.69, 9.17) is 0 Å². The predicted octanol–water partition coefficient (Wildman–Crippen LogP) is 0.290. The highest BCUT2D eigenvalue weighted by Gasteiger charge is 2.34. The summed E-state index contributed by atoms with van der Waals surface area (Å²) < 4.78 is 4.69. The maximum Gasteiger partial charge on any atom is 0.377 e. The van der Waals surface area contributed by atoms with Crippen LogP contribution in [0.5, 0.6) is 0 Å². The van der Waals surface area contributed by atoms with Crippen LogP contribution in [0.3, 0.4) is 0 Å². The van der Waals surface area contributed by atoms with Crippen molar-refractivity contribution < 1.29 is 14.6 Å². The van der Waals surface area contributed by atoms with Gasteiger partial charge in [0.25, 0.3) is 0 Å². The molecule has 0 aromatic rings. The standard InChI is InChI=1S/C9H16BNO3/c1-7-4-5-11(10(2)13)8(6-7)9(12)14-3/h8,13H,1,4-6H2,2-3H3/t8-/m1/s1. The maximum atomic E-state index is 11.4. The van der Waals surface area contributed by atoms with Gasteiger partial charge in [0.1, 0.15) is 6.04 Å². The molecule has 78 valence electrons. The van der Waals surface area contributed by atoms with E-state index in [2.05, 4.69) is 11.3 Å². The number of rotatable bonds is 2. The molecule has 0 bridgehead atoms. The Kier molecular flexibility index (Phi) is 3.72. The maximum absolute atomic E-state index is 11.4. The summed E-state index contributed by atoms with van der Waals surface area (Å²) >= 11 is 0. The molecule has 1 saturated heterocycles. The van der Waals surface area contributed by atoms with Crippen LogP contribution in [0.1, 0.15) is 12.8 Å². The van der Waals surface area contributed by atoms with Gasteiger partial charge in [-0.15, -0.1) is 0 Å². The topological polar surface area (TPSA) is 49.8 Å². The number of esters is 1. The Morgan fingerprint density at radius 3 is 2.93 bits per heavy atom. The highest BCUT2D eigenvalue weighted by Crippen LogP contribution is 2.22. The Morgan fingerprint density at radius 1 is 1.79 bits per heavy atom. The van der Waals surface area contributed by atoms with E-state index in [0.29, 0.717) is 13.0 Å². The number of piperidine rings is 1. The van der Waals surface area contributed by atoms with E-state index in [1.807, 2.05) is 0 Å². The van der Waals surface area contributed by atoms with Crippen molar-refractivity contribution in [1.29, 1.82) is 0 Å². The molecule has 0 aromatic heterocycles. The summed E-state index contributed by atoms with van der Waals surface area (Å²) in [5.74, 6) is -0.299. The third-order valence-corrected chi connectivity index (χ3v) is 2.56. The van der Waals surface area contributed by atoms with Crippen molar-refractivity contribution >= 4 is 13.0 Å². The molecule has 1 heterocycles. The molecule has 0 spiro atoms. The van der Waals surface area contributed by atoms with Crippen molar-refractivity contribution in [2.24, 2.45) is 0 Å². The van der Waals surface area contributed by atoms with Gasteiger partial charge < -0.3 is 14.6 Å². The zero-order valence-corrected chi connectivity index (χ0v) is 8.69. The Bertz CT molecular complexity index is 242. The zero-order valence-electron chi connectivity index (χ0n) is 8.69. The first-order valence-electron chi connectivity index (χ1n) is 4.74. The molecule has 0 radical (unpaired) electrons. The van der Waals surface area contributed by atoms with Crippen LogP contribution in [0, 0.1) is 0 Å². The average Bonchev–Trinajstić information content (AvgIpc) is 2.16. The van der Waals surface area contributed by atoms with E-state index < -0.39 is 7.05 Å². The zero-order chi connectivity index (χ0) is 10.7. The molecule has 0 aromatic carbocycles. The van der Waals surface area contributed by atoms with Gasteiger partial charge in [-0.1, -0.05) is 12.2 Å². The van der Waals surface area contributed by atoms with Crippen LogP contribution in [-0.4, -0.2) is 42.6 Å². The number of nitrogens with zero attached hydrogens (tertiary/aromatic N) is 1. The lowest BCUT2D eigenvalue weighted by molar-refractivity contribution is -0.145. The lowest BCUT2D eigenvalue weighted by Crippen LogP contribution is -2.52. The van der Waals surface area contributed by atoms with Crippen LogP contribution in [0.25, 0.3) is 0 Å². The number of hydrogen-bond acceptors (Lipinski definition) is 4. The molecule has 5 heteroatoms. The fraction of sp³-hybridized carbons (Fsp3) is 0.667. The predicted molar refractivity (Wildman–Crippen MR) is 54.7 cm³/mol. The summed E-state index contributed by atoms with van der Waals surface area (Å²) in [6.07, 6.45) is 1.41. The van der Waals surface area contributed by atoms with Crippen LogP contribution in [0.15, 0.2) is 12.2 Å². The molecule has 1 N–H and O–H groups in total. The molecular weight excluding hydrogens is 181 g/mol. The minimum atomic E-state index is -0.618. The van der Waals surface area contributed by atoms with Gasteiger partial charge in [-0.2, -0.15) is 0 Å². The molecule has 1 aliphatic rings. The fourth-order valence-corrected chi connectivity index (χ4v) is 1.74. The third-order valence-electron chi connectivity index (χ3n) is 2.56. The highest BCUT2D eigenvalue weighted by atomic mass is 16.5. The second-order valence-electron chi connectivity index (χ2n) is 3.61. The van der Waals surface area contributed by atoms with E-state index >= 15 is 0 Å². The highest BCUT2D eigenvalue weighted by molar-refractivity contribution is 6.45. The van der Waals surface area contributed by atoms with E-state index in [9.17, 15) is 9.82 Å². The van der Waals surface area contributed by atoms with Gasteiger partial charge in [-0.05, 0) is 26.2 Å². The molecule has 0 amide bonds. The molecule has 1 atom stereocenters. The molecule has 0 aliphatic carbocycles. The first-order valence-corrected chi connectivity index (χ1v) is 4.74. The number of ether oxygens (including phenoxy) is 1. The molecule has 0 unspecified atom stereocenters. The molecule has 1 fully saturated rings. The average molecular weight is 197 g/mol. The molecule has 14 heavy (non-hydrogen) atoms. The van der Waals surface area contributed by atoms with Gasteiger partial charge in [0.15, 0.2) is 0 Å². The largest absolute Gasteiger partial charge is 0.468 e. The van der Waals surface area contributed by atoms with Crippen molar-refractivity contribution in [2.75, 3.05) is 13.7 Å². The van der Waals surface area contributed by atoms with Crippen LogP contribution in [0.2, 0.25) is 6.82 Å². The van der Waals surface area contributed by atoms with Crippen LogP contribution >= 0.6 is 0 Å². The molecule has 1 rings (SSSR count). The smallest absolute Gasteiger partial charge is 0.377 e. The van der Waals surface area contributed by atoms with Gasteiger partial charge in [0.05, 0.1) is 7.11 Å². The first-order chi connectivity index (χ1) is 6.56. The van der Waals surface area contributed by atoms with Crippen LogP contribution < -0.4 is 0 Å². The quantitative estimate of drug-likeness (QED) is 0.392. The molecule has 1 aliphatic heterocycles. The van der Waals surface area contributed by atoms with E-state index in [1.54, 1.807) is 11.6 Å². The fourth-order valence-electron chi connectivity index (χ4n) is 1.74. The van der Waals surface area contributed by atoms with Gasteiger partial charge in [-0.25, -0.2) is 0 Å². The second-order valence-corrected chi connectivity index (χ2v) is 3.61. The Balaban J connectivity index is 2.73. The number of carbonyl (C=O) groups excluding carboxylic acids is 1. The first kappa shape index (κ1) is 11.3. The lowest BCUT2D eigenvalue weighted by atomic mass is 9.79. The summed E-state index contributed by atoms with van der Waals surface area (Å²) in [6, 6.07) is -0.374. The van der Waals surface area contributed by atoms with Gasteiger partial charge in [0.2, 0.25) is 0 Å². The molecular formula is C9H16BNO3. The summed E-state index contributed by atoms with van der Waals surface area (Å²) in [6.45, 7) is 6.18. The third kappa shape index (κ3) is 2.36. The summed E-state index contributed by atoms with van der Waals surface area (Å²) in [5, 5.41) is 9.47. The van der Waals surface area contributed by atoms with E-state index in [0.717, 1.165) is 12.0 Å². The normalized spacial score (nSPS) is 23.4. The summed E-state index contributed by atoms with van der Waals surface area (Å²) in [7, 11) is 0.743. The molecule has 0 saturated carbocycles. The monoisotopic (exact) mass is 197 g/mol. The number of carbonyl (C=O) groups is 1. The lowest BCUT2D eigenvalue weighted by Gasteiger charge is -2.35.